The van der Waals surface area contributed by atoms with Crippen molar-refractivity contribution in [1.82, 2.24) is 4.98 Å². The summed E-state index contributed by atoms with van der Waals surface area (Å²) in [6.45, 7) is 7.44. The molecule has 3 nitrogen and oxygen atoms in total. The van der Waals surface area contributed by atoms with Gasteiger partial charge in [-0.25, -0.2) is 0 Å². The van der Waals surface area contributed by atoms with E-state index in [1.54, 1.807) is 0 Å². The van der Waals surface area contributed by atoms with E-state index < -0.39 is 0 Å². The summed E-state index contributed by atoms with van der Waals surface area (Å²) in [4.78, 5) is 11.1. The molecule has 4 rings (SSSR count). The quantitative estimate of drug-likeness (QED) is 0.592. The Balaban J connectivity index is 1.84. The Kier molecular flexibility index (Phi) is 5.25. The first-order valence-electron chi connectivity index (χ1n) is 10.1. The average molecular weight is 370 g/mol. The van der Waals surface area contributed by atoms with Crippen LogP contribution in [-0.2, 0) is 0 Å². The third kappa shape index (κ3) is 3.22. The van der Waals surface area contributed by atoms with Crippen molar-refractivity contribution in [2.45, 2.75) is 33.1 Å². The van der Waals surface area contributed by atoms with Crippen LogP contribution < -0.4 is 4.90 Å². The fourth-order valence-corrected chi connectivity index (χ4v) is 4.41. The van der Waals surface area contributed by atoms with Crippen LogP contribution in [0.5, 0.6) is 0 Å². The van der Waals surface area contributed by atoms with Gasteiger partial charge in [0.05, 0.1) is 17.6 Å². The van der Waals surface area contributed by atoms with E-state index >= 15 is 0 Å². The van der Waals surface area contributed by atoms with Crippen LogP contribution in [0.1, 0.15) is 44.2 Å². The Labute approximate surface area is 167 Å². The number of hydrogen-bond donors (Lipinski definition) is 0. The molecule has 2 unspecified atom stereocenters. The highest BCUT2D eigenvalue weighted by molar-refractivity contribution is 5.90. The van der Waals surface area contributed by atoms with E-state index in [1.807, 2.05) is 24.7 Å². The van der Waals surface area contributed by atoms with E-state index in [0.717, 1.165) is 30.0 Å². The maximum absolute atomic E-state index is 4.51. The molecule has 1 aliphatic carbocycles. The number of fused-ring (bicyclic) bond motifs is 1. The van der Waals surface area contributed by atoms with Gasteiger partial charge in [-0.05, 0) is 67.2 Å². The van der Waals surface area contributed by atoms with E-state index in [0.29, 0.717) is 11.8 Å². The fourth-order valence-electron chi connectivity index (χ4n) is 4.41. The van der Waals surface area contributed by atoms with Crippen molar-refractivity contribution in [3.63, 3.8) is 0 Å². The molecule has 0 spiro atoms. The number of rotatable bonds is 4. The second-order valence-electron chi connectivity index (χ2n) is 7.36. The van der Waals surface area contributed by atoms with Crippen molar-refractivity contribution in [3.05, 3.63) is 83.9 Å². The molecule has 1 aromatic heterocycles. The maximum Gasteiger partial charge on any atom is 0.0645 e. The molecule has 1 aromatic carbocycles. The normalized spacial score (nSPS) is 22.5. The van der Waals surface area contributed by atoms with E-state index in [2.05, 4.69) is 84.2 Å². The Morgan fingerprint density at radius 2 is 2.04 bits per heavy atom. The zero-order chi connectivity index (χ0) is 19.5. The third-order valence-electron chi connectivity index (χ3n) is 5.70. The van der Waals surface area contributed by atoms with E-state index in [9.17, 15) is 0 Å². The summed E-state index contributed by atoms with van der Waals surface area (Å²) in [6.07, 6.45) is 15.7. The summed E-state index contributed by atoms with van der Waals surface area (Å²) in [6, 6.07) is 11.0. The maximum atomic E-state index is 4.51. The zero-order valence-electron chi connectivity index (χ0n) is 16.8. The molecule has 0 saturated carbocycles. The van der Waals surface area contributed by atoms with Crippen LogP contribution in [0.2, 0.25) is 0 Å². The molecule has 0 bridgehead atoms. The highest BCUT2D eigenvalue weighted by Gasteiger charge is 2.32. The topological polar surface area (TPSA) is 28.5 Å². The summed E-state index contributed by atoms with van der Waals surface area (Å²) in [5.74, 6) is 0.941. The molecule has 3 heteroatoms. The van der Waals surface area contributed by atoms with Gasteiger partial charge in [0.25, 0.3) is 0 Å². The third-order valence-corrected chi connectivity index (χ3v) is 5.70. The summed E-state index contributed by atoms with van der Waals surface area (Å²) in [7, 11) is 0. The molecular weight excluding hydrogens is 342 g/mol. The highest BCUT2D eigenvalue weighted by atomic mass is 15.2. The highest BCUT2D eigenvalue weighted by Crippen LogP contribution is 2.48. The number of pyridine rings is 1. The van der Waals surface area contributed by atoms with Crippen molar-refractivity contribution in [3.8, 4) is 0 Å². The molecule has 0 radical (unpaired) electrons. The molecule has 2 aromatic rings. The van der Waals surface area contributed by atoms with Crippen LogP contribution in [0.15, 0.2) is 77.7 Å². The smallest absolute Gasteiger partial charge is 0.0645 e. The zero-order valence-corrected chi connectivity index (χ0v) is 16.8. The van der Waals surface area contributed by atoms with Gasteiger partial charge in [0.1, 0.15) is 0 Å². The van der Waals surface area contributed by atoms with Crippen LogP contribution in [-0.4, -0.2) is 17.7 Å². The van der Waals surface area contributed by atoms with Crippen LogP contribution in [0.25, 0.3) is 5.57 Å². The van der Waals surface area contributed by atoms with Crippen LogP contribution >= 0.6 is 0 Å². The number of aromatic nitrogens is 1. The van der Waals surface area contributed by atoms with Gasteiger partial charge in [-0.2, -0.15) is 0 Å². The molecule has 142 valence electrons. The van der Waals surface area contributed by atoms with Gasteiger partial charge in [-0.15, -0.1) is 0 Å². The van der Waals surface area contributed by atoms with Crippen LogP contribution in [0.3, 0.4) is 0 Å². The molecule has 2 aliphatic rings. The number of benzene rings is 1. The minimum atomic E-state index is 0.447. The standard InChI is InChI=1S/C25H27N3/c1-4-8-23-18(3)22(5-2)25-15-19(11-12-24(23)25)28(20-9-6-13-26-16-20)21-10-7-14-27-17-21/h4-6,8-13,15-18,23H,7,14H2,1-3H3/b8-4-,22-5-. The van der Waals surface area contributed by atoms with E-state index in [-0.39, 0.29) is 0 Å². The number of dihydropyridines is 1. The number of aliphatic imine (C=N–C) groups is 1. The Morgan fingerprint density at radius 3 is 2.71 bits per heavy atom. The number of nitrogens with zero attached hydrogens (tertiary/aromatic N) is 3. The summed E-state index contributed by atoms with van der Waals surface area (Å²) < 4.78 is 0. The predicted octanol–water partition coefficient (Wildman–Crippen LogP) is 6.29. The van der Waals surface area contributed by atoms with Gasteiger partial charge in [0, 0.05) is 30.6 Å². The van der Waals surface area contributed by atoms with Crippen molar-refractivity contribution in [2.24, 2.45) is 10.9 Å². The Morgan fingerprint density at radius 1 is 1.14 bits per heavy atom. The second-order valence-corrected chi connectivity index (χ2v) is 7.36. The SMILES string of the molecule is C/C=C\C1c2ccc(N(C3=CCCN=C3)c3cccnc3)cc2/C(=C\C)C1C. The molecular formula is C25H27N3. The molecule has 0 N–H and O–H groups in total. The van der Waals surface area contributed by atoms with Gasteiger partial charge in [-0.1, -0.05) is 37.3 Å². The van der Waals surface area contributed by atoms with E-state index in [1.165, 1.54) is 16.7 Å². The first-order chi connectivity index (χ1) is 13.7. The number of hydrogen-bond acceptors (Lipinski definition) is 3. The molecule has 1 aliphatic heterocycles. The van der Waals surface area contributed by atoms with Crippen molar-refractivity contribution >= 4 is 23.2 Å². The number of allylic oxidation sites excluding steroid dienone is 5. The van der Waals surface area contributed by atoms with Gasteiger partial charge in [-0.3, -0.25) is 9.98 Å². The summed E-state index contributed by atoms with van der Waals surface area (Å²) in [5.41, 5.74) is 7.52. The molecule has 2 heterocycles. The van der Waals surface area contributed by atoms with E-state index in [4.69, 9.17) is 0 Å². The largest absolute Gasteiger partial charge is 0.308 e. The van der Waals surface area contributed by atoms with Crippen molar-refractivity contribution in [2.75, 3.05) is 11.4 Å². The fraction of sp³-hybridized carbons (Fsp3) is 0.280. The predicted molar refractivity (Wildman–Crippen MR) is 119 cm³/mol. The lowest BCUT2D eigenvalue weighted by atomic mass is 9.92. The minimum absolute atomic E-state index is 0.447. The molecule has 0 amide bonds. The Bertz CT molecular complexity index is 967. The molecule has 2 atom stereocenters. The van der Waals surface area contributed by atoms with Crippen LogP contribution in [0, 0.1) is 5.92 Å². The van der Waals surface area contributed by atoms with Crippen molar-refractivity contribution in [1.29, 1.82) is 0 Å². The van der Waals surface area contributed by atoms with Crippen LogP contribution in [0.4, 0.5) is 11.4 Å². The average Bonchev–Trinajstić information content (AvgIpc) is 3.00. The lowest BCUT2D eigenvalue weighted by Gasteiger charge is -2.27. The molecule has 28 heavy (non-hydrogen) atoms. The lowest BCUT2D eigenvalue weighted by Crippen LogP contribution is -2.19. The van der Waals surface area contributed by atoms with Gasteiger partial charge in [0.15, 0.2) is 0 Å². The minimum Gasteiger partial charge on any atom is -0.308 e. The molecule has 0 fully saturated rings. The molecule has 0 saturated heterocycles. The van der Waals surface area contributed by atoms with Gasteiger partial charge in [0.2, 0.25) is 0 Å². The summed E-state index contributed by atoms with van der Waals surface area (Å²) in [5, 5.41) is 0. The first-order valence-corrected chi connectivity index (χ1v) is 10.1. The van der Waals surface area contributed by atoms with Crippen molar-refractivity contribution < 1.29 is 0 Å². The Hall–Kier alpha value is -2.94. The number of anilines is 2. The van der Waals surface area contributed by atoms with Gasteiger partial charge < -0.3 is 4.90 Å². The first kappa shape index (κ1) is 18.4. The second kappa shape index (κ2) is 7.97. The monoisotopic (exact) mass is 369 g/mol. The lowest BCUT2D eigenvalue weighted by molar-refractivity contribution is 0.691. The summed E-state index contributed by atoms with van der Waals surface area (Å²) >= 11 is 0. The van der Waals surface area contributed by atoms with Gasteiger partial charge >= 0.3 is 0 Å².